The first kappa shape index (κ1) is 20.0. The molecule has 1 aromatic heterocycles. The standard InChI is InChI=1S/C26H23N3O3/c30-25(18-6-2-1-3-7-18)27-20-13-10-17(11-14-20)24-28-22-16-19(26(31)32)12-15-23(22)29(24)21-8-4-5-9-21/h1-3,6-7,10-16,21H,4-5,8-9H2,(H,27,30)(H,31,32). The van der Waals surface area contributed by atoms with Gasteiger partial charge < -0.3 is 15.0 Å². The highest BCUT2D eigenvalue weighted by Gasteiger charge is 2.24. The van der Waals surface area contributed by atoms with E-state index in [-0.39, 0.29) is 11.5 Å². The number of carbonyl (C=O) groups is 2. The molecular formula is C26H23N3O3. The van der Waals surface area contributed by atoms with E-state index in [1.54, 1.807) is 24.3 Å². The van der Waals surface area contributed by atoms with Gasteiger partial charge >= 0.3 is 5.97 Å². The fraction of sp³-hybridized carbons (Fsp3) is 0.192. The molecule has 0 bridgehead atoms. The van der Waals surface area contributed by atoms with Crippen molar-refractivity contribution < 1.29 is 14.7 Å². The van der Waals surface area contributed by atoms with Crippen molar-refractivity contribution in [1.29, 1.82) is 0 Å². The summed E-state index contributed by atoms with van der Waals surface area (Å²) in [5.74, 6) is -0.282. The summed E-state index contributed by atoms with van der Waals surface area (Å²) in [6.45, 7) is 0. The van der Waals surface area contributed by atoms with Crippen LogP contribution < -0.4 is 5.32 Å². The molecule has 1 fully saturated rings. The van der Waals surface area contributed by atoms with E-state index in [1.165, 1.54) is 12.8 Å². The second kappa shape index (κ2) is 8.30. The van der Waals surface area contributed by atoms with Gasteiger partial charge in [0.15, 0.2) is 0 Å². The topological polar surface area (TPSA) is 84.2 Å². The number of aromatic carboxylic acids is 1. The van der Waals surface area contributed by atoms with E-state index in [1.807, 2.05) is 48.5 Å². The van der Waals surface area contributed by atoms with E-state index >= 15 is 0 Å². The number of carbonyl (C=O) groups excluding carboxylic acids is 1. The van der Waals surface area contributed by atoms with Crippen molar-refractivity contribution in [3.05, 3.63) is 83.9 Å². The molecule has 0 unspecified atom stereocenters. The first-order chi connectivity index (χ1) is 15.6. The predicted molar refractivity (Wildman–Crippen MR) is 124 cm³/mol. The minimum Gasteiger partial charge on any atom is -0.478 e. The Balaban J connectivity index is 1.50. The SMILES string of the molecule is O=C(O)c1ccc2c(c1)nc(-c1ccc(NC(=O)c3ccccc3)cc1)n2C1CCCC1. The van der Waals surface area contributed by atoms with Gasteiger partial charge in [0.2, 0.25) is 0 Å². The third-order valence-electron chi connectivity index (χ3n) is 6.06. The number of hydrogen-bond donors (Lipinski definition) is 2. The van der Waals surface area contributed by atoms with Gasteiger partial charge in [0, 0.05) is 22.9 Å². The molecule has 0 atom stereocenters. The van der Waals surface area contributed by atoms with Gasteiger partial charge in [0.05, 0.1) is 16.6 Å². The van der Waals surface area contributed by atoms with Crippen LogP contribution in [0.1, 0.15) is 52.4 Å². The zero-order valence-electron chi connectivity index (χ0n) is 17.5. The maximum Gasteiger partial charge on any atom is 0.335 e. The van der Waals surface area contributed by atoms with Crippen LogP contribution in [0.4, 0.5) is 5.69 Å². The number of amides is 1. The number of rotatable bonds is 5. The molecule has 1 saturated carbocycles. The predicted octanol–water partition coefficient (Wildman–Crippen LogP) is 5.77. The second-order valence-electron chi connectivity index (χ2n) is 8.15. The minimum atomic E-state index is -0.956. The molecular weight excluding hydrogens is 402 g/mol. The Morgan fingerprint density at radius 2 is 1.62 bits per heavy atom. The normalized spacial score (nSPS) is 14.0. The number of imidazole rings is 1. The number of nitrogens with one attached hydrogen (secondary N) is 1. The average molecular weight is 425 g/mol. The van der Waals surface area contributed by atoms with Crippen LogP contribution in [0.25, 0.3) is 22.4 Å². The number of carboxylic acids is 1. The molecule has 32 heavy (non-hydrogen) atoms. The van der Waals surface area contributed by atoms with Crippen molar-refractivity contribution >= 4 is 28.6 Å². The monoisotopic (exact) mass is 425 g/mol. The quantitative estimate of drug-likeness (QED) is 0.425. The summed E-state index contributed by atoms with van der Waals surface area (Å²) in [5, 5.41) is 12.3. The lowest BCUT2D eigenvalue weighted by Gasteiger charge is -2.17. The third kappa shape index (κ3) is 3.75. The lowest BCUT2D eigenvalue weighted by Crippen LogP contribution is -2.11. The van der Waals surface area contributed by atoms with Crippen LogP contribution >= 0.6 is 0 Å². The van der Waals surface area contributed by atoms with Gasteiger partial charge in [-0.15, -0.1) is 0 Å². The van der Waals surface area contributed by atoms with E-state index in [4.69, 9.17) is 4.98 Å². The molecule has 0 saturated heterocycles. The molecule has 1 amide bonds. The molecule has 3 aromatic carbocycles. The number of anilines is 1. The Kier molecular flexibility index (Phi) is 5.19. The summed E-state index contributed by atoms with van der Waals surface area (Å²) in [6.07, 6.45) is 4.54. The molecule has 6 heteroatoms. The van der Waals surface area contributed by atoms with Crippen LogP contribution in [0.5, 0.6) is 0 Å². The Morgan fingerprint density at radius 1 is 0.906 bits per heavy atom. The van der Waals surface area contributed by atoms with Gasteiger partial charge in [0.1, 0.15) is 5.82 Å². The molecule has 1 heterocycles. The Labute approximate surface area is 185 Å². The minimum absolute atomic E-state index is 0.155. The summed E-state index contributed by atoms with van der Waals surface area (Å²) >= 11 is 0. The van der Waals surface area contributed by atoms with Crippen LogP contribution in [0.15, 0.2) is 72.8 Å². The van der Waals surface area contributed by atoms with E-state index in [0.29, 0.717) is 22.8 Å². The zero-order chi connectivity index (χ0) is 22.1. The highest BCUT2D eigenvalue weighted by atomic mass is 16.4. The van der Waals surface area contributed by atoms with Gasteiger partial charge in [-0.05, 0) is 67.4 Å². The maximum absolute atomic E-state index is 12.4. The van der Waals surface area contributed by atoms with E-state index in [0.717, 1.165) is 29.7 Å². The van der Waals surface area contributed by atoms with Gasteiger partial charge in [-0.25, -0.2) is 9.78 Å². The van der Waals surface area contributed by atoms with Crippen LogP contribution in [0.3, 0.4) is 0 Å². The zero-order valence-corrected chi connectivity index (χ0v) is 17.5. The van der Waals surface area contributed by atoms with E-state index in [2.05, 4.69) is 9.88 Å². The summed E-state index contributed by atoms with van der Waals surface area (Å²) in [6, 6.07) is 22.2. The Bertz CT molecular complexity index is 1290. The molecule has 1 aliphatic carbocycles. The van der Waals surface area contributed by atoms with E-state index in [9.17, 15) is 14.7 Å². The summed E-state index contributed by atoms with van der Waals surface area (Å²) in [4.78, 5) is 28.7. The van der Waals surface area contributed by atoms with Gasteiger partial charge in [0.25, 0.3) is 5.91 Å². The Morgan fingerprint density at radius 3 is 2.31 bits per heavy atom. The van der Waals surface area contributed by atoms with Crippen LogP contribution in [0.2, 0.25) is 0 Å². The molecule has 1 aliphatic rings. The first-order valence-corrected chi connectivity index (χ1v) is 10.8. The lowest BCUT2D eigenvalue weighted by molar-refractivity contribution is 0.0696. The summed E-state index contributed by atoms with van der Waals surface area (Å²) in [5.41, 5.74) is 4.13. The molecule has 160 valence electrons. The molecule has 0 aliphatic heterocycles. The third-order valence-corrected chi connectivity index (χ3v) is 6.06. The van der Waals surface area contributed by atoms with Gasteiger partial charge in [-0.2, -0.15) is 0 Å². The molecule has 0 spiro atoms. The van der Waals surface area contributed by atoms with Gasteiger partial charge in [-0.3, -0.25) is 4.79 Å². The van der Waals surface area contributed by atoms with Crippen molar-refractivity contribution in [3.63, 3.8) is 0 Å². The second-order valence-corrected chi connectivity index (χ2v) is 8.15. The van der Waals surface area contributed by atoms with Crippen LogP contribution in [-0.4, -0.2) is 26.5 Å². The van der Waals surface area contributed by atoms with Gasteiger partial charge in [-0.1, -0.05) is 31.0 Å². The number of aromatic nitrogens is 2. The number of carboxylic acid groups (broad SMARTS) is 1. The van der Waals surface area contributed by atoms with Crippen molar-refractivity contribution in [2.24, 2.45) is 0 Å². The Hall–Kier alpha value is -3.93. The maximum atomic E-state index is 12.4. The molecule has 4 aromatic rings. The summed E-state index contributed by atoms with van der Waals surface area (Å²) < 4.78 is 2.26. The van der Waals surface area contributed by atoms with Crippen molar-refractivity contribution in [2.75, 3.05) is 5.32 Å². The fourth-order valence-corrected chi connectivity index (χ4v) is 4.46. The molecule has 5 rings (SSSR count). The molecule has 2 N–H and O–H groups in total. The van der Waals surface area contributed by atoms with Crippen molar-refractivity contribution in [3.8, 4) is 11.4 Å². The smallest absolute Gasteiger partial charge is 0.335 e. The average Bonchev–Trinajstić information content (AvgIpc) is 3.47. The highest BCUT2D eigenvalue weighted by Crippen LogP contribution is 2.37. The van der Waals surface area contributed by atoms with Crippen molar-refractivity contribution in [2.45, 2.75) is 31.7 Å². The highest BCUT2D eigenvalue weighted by molar-refractivity contribution is 6.04. The fourth-order valence-electron chi connectivity index (χ4n) is 4.46. The largest absolute Gasteiger partial charge is 0.478 e. The van der Waals surface area contributed by atoms with Crippen molar-refractivity contribution in [1.82, 2.24) is 9.55 Å². The van der Waals surface area contributed by atoms with Crippen LogP contribution in [0, 0.1) is 0 Å². The number of nitrogens with zero attached hydrogens (tertiary/aromatic N) is 2. The summed E-state index contributed by atoms with van der Waals surface area (Å²) in [7, 11) is 0. The number of benzene rings is 3. The lowest BCUT2D eigenvalue weighted by atomic mass is 10.1. The molecule has 0 radical (unpaired) electrons. The van der Waals surface area contributed by atoms with Crippen LogP contribution in [-0.2, 0) is 0 Å². The number of hydrogen-bond acceptors (Lipinski definition) is 3. The van der Waals surface area contributed by atoms with E-state index < -0.39 is 5.97 Å². The number of fused-ring (bicyclic) bond motifs is 1. The first-order valence-electron chi connectivity index (χ1n) is 10.8. The molecule has 6 nitrogen and oxygen atoms in total.